The van der Waals surface area contributed by atoms with Gasteiger partial charge in [-0.3, -0.25) is 4.79 Å². The van der Waals surface area contributed by atoms with Crippen molar-refractivity contribution < 1.29 is 4.79 Å². The first kappa shape index (κ1) is 15.2. The monoisotopic (exact) mass is 292 g/mol. The number of hydrogen-bond acceptors (Lipinski definition) is 3. The van der Waals surface area contributed by atoms with Gasteiger partial charge in [-0.05, 0) is 50.3 Å². The summed E-state index contributed by atoms with van der Waals surface area (Å²) in [5.41, 5.74) is 7.78. The van der Waals surface area contributed by atoms with Gasteiger partial charge >= 0.3 is 0 Å². The first-order chi connectivity index (χ1) is 9.63. The Balaban J connectivity index is 1.96. The van der Waals surface area contributed by atoms with Crippen molar-refractivity contribution in [2.24, 2.45) is 0 Å². The Kier molecular flexibility index (Phi) is 5.35. The van der Waals surface area contributed by atoms with Gasteiger partial charge in [-0.1, -0.05) is 13.0 Å². The summed E-state index contributed by atoms with van der Waals surface area (Å²) >= 11 is 1.60. The highest BCUT2D eigenvalue weighted by Crippen LogP contribution is 2.27. The first-order valence-corrected chi connectivity index (χ1v) is 8.39. The minimum atomic E-state index is 0.267. The Labute approximate surface area is 125 Å². The van der Waals surface area contributed by atoms with Crippen LogP contribution < -0.4 is 5.73 Å². The molecule has 1 aromatic rings. The van der Waals surface area contributed by atoms with E-state index in [1.165, 1.54) is 6.42 Å². The minimum Gasteiger partial charge on any atom is -0.398 e. The predicted octanol–water partition coefficient (Wildman–Crippen LogP) is 3.46. The molecule has 1 aliphatic heterocycles. The molecule has 1 unspecified atom stereocenters. The number of nitrogen functional groups attached to an aromatic ring is 1. The van der Waals surface area contributed by atoms with Gasteiger partial charge in [-0.15, -0.1) is 11.8 Å². The molecule has 110 valence electrons. The molecule has 0 radical (unpaired) electrons. The zero-order valence-corrected chi connectivity index (χ0v) is 13.2. The number of thioether (sulfide) groups is 1. The number of carbonyl (C=O) groups excluding carboxylic acids is 1. The first-order valence-electron chi connectivity index (χ1n) is 7.40. The molecule has 1 aromatic carbocycles. The van der Waals surface area contributed by atoms with E-state index in [0.717, 1.165) is 42.0 Å². The number of amides is 1. The largest absolute Gasteiger partial charge is 0.398 e. The van der Waals surface area contributed by atoms with Crippen LogP contribution in [-0.2, 0) is 4.79 Å². The summed E-state index contributed by atoms with van der Waals surface area (Å²) in [6.07, 6.45) is 4.62. The number of rotatable bonds is 4. The summed E-state index contributed by atoms with van der Waals surface area (Å²) in [6, 6.07) is 6.33. The molecule has 0 saturated carbocycles. The van der Waals surface area contributed by atoms with Gasteiger partial charge in [0.05, 0.1) is 5.75 Å². The summed E-state index contributed by atoms with van der Waals surface area (Å²) in [5.74, 6) is 0.782. The van der Waals surface area contributed by atoms with Crippen LogP contribution in [0.4, 0.5) is 5.69 Å². The molecule has 2 rings (SSSR count). The van der Waals surface area contributed by atoms with Crippen LogP contribution in [0, 0.1) is 6.92 Å². The zero-order valence-electron chi connectivity index (χ0n) is 12.4. The summed E-state index contributed by atoms with van der Waals surface area (Å²) in [5, 5.41) is 0. The maximum absolute atomic E-state index is 12.4. The summed E-state index contributed by atoms with van der Waals surface area (Å²) in [6.45, 7) is 5.11. The van der Waals surface area contributed by atoms with Crippen LogP contribution in [0.15, 0.2) is 23.1 Å². The molecule has 1 saturated heterocycles. The third-order valence-corrected chi connectivity index (χ3v) is 5.24. The molecule has 0 spiro atoms. The lowest BCUT2D eigenvalue weighted by atomic mass is 10.0. The molecule has 1 amide bonds. The van der Waals surface area contributed by atoms with Crippen LogP contribution in [0.5, 0.6) is 0 Å². The summed E-state index contributed by atoms with van der Waals surface area (Å²) < 4.78 is 0. The van der Waals surface area contributed by atoms with Crippen molar-refractivity contribution in [2.75, 3.05) is 18.0 Å². The molecule has 1 heterocycles. The van der Waals surface area contributed by atoms with Gasteiger partial charge in [0.15, 0.2) is 0 Å². The molecular formula is C16H24N2OS. The normalized spacial score (nSPS) is 19.1. The van der Waals surface area contributed by atoms with Crippen LogP contribution in [0.2, 0.25) is 0 Å². The number of piperidine rings is 1. The fraction of sp³-hybridized carbons (Fsp3) is 0.562. The van der Waals surface area contributed by atoms with Gasteiger partial charge in [0.2, 0.25) is 5.91 Å². The van der Waals surface area contributed by atoms with E-state index in [-0.39, 0.29) is 5.91 Å². The molecular weight excluding hydrogens is 268 g/mol. The second-order valence-corrected chi connectivity index (χ2v) is 6.42. The van der Waals surface area contributed by atoms with E-state index < -0.39 is 0 Å². The van der Waals surface area contributed by atoms with Crippen molar-refractivity contribution in [3.8, 4) is 0 Å². The predicted molar refractivity (Wildman–Crippen MR) is 86.0 cm³/mol. The van der Waals surface area contributed by atoms with Gasteiger partial charge in [-0.2, -0.15) is 0 Å². The molecule has 20 heavy (non-hydrogen) atoms. The van der Waals surface area contributed by atoms with Gasteiger partial charge in [0, 0.05) is 23.2 Å². The second kappa shape index (κ2) is 7.02. The van der Waals surface area contributed by atoms with Crippen molar-refractivity contribution >= 4 is 23.4 Å². The van der Waals surface area contributed by atoms with Crippen LogP contribution >= 0.6 is 11.8 Å². The van der Waals surface area contributed by atoms with Crippen LogP contribution in [0.3, 0.4) is 0 Å². The van der Waals surface area contributed by atoms with Crippen molar-refractivity contribution in [3.63, 3.8) is 0 Å². The van der Waals surface area contributed by atoms with E-state index in [9.17, 15) is 4.79 Å². The van der Waals surface area contributed by atoms with Crippen LogP contribution in [0.25, 0.3) is 0 Å². The Morgan fingerprint density at radius 1 is 1.45 bits per heavy atom. The van der Waals surface area contributed by atoms with Gasteiger partial charge in [0.25, 0.3) is 0 Å². The smallest absolute Gasteiger partial charge is 0.233 e. The maximum Gasteiger partial charge on any atom is 0.233 e. The quantitative estimate of drug-likeness (QED) is 0.683. The number of anilines is 1. The lowest BCUT2D eigenvalue weighted by Gasteiger charge is -2.35. The molecule has 4 heteroatoms. The number of carbonyl (C=O) groups is 1. The third-order valence-electron chi connectivity index (χ3n) is 4.10. The topological polar surface area (TPSA) is 46.3 Å². The maximum atomic E-state index is 12.4. The van der Waals surface area contributed by atoms with Gasteiger partial charge < -0.3 is 10.6 Å². The van der Waals surface area contributed by atoms with Gasteiger partial charge in [-0.25, -0.2) is 0 Å². The molecule has 1 fully saturated rings. The average molecular weight is 292 g/mol. The number of nitrogens with two attached hydrogens (primary N) is 1. The standard InChI is InChI=1S/C16H24N2OS/c1-3-13-7-4-5-10-18(13)16(19)11-20-15-9-6-8-14(17)12(15)2/h6,8-9,13H,3-5,7,10-11,17H2,1-2H3. The zero-order chi connectivity index (χ0) is 14.5. The molecule has 0 bridgehead atoms. The fourth-order valence-electron chi connectivity index (χ4n) is 2.76. The number of benzene rings is 1. The average Bonchev–Trinajstić information content (AvgIpc) is 2.48. The second-order valence-electron chi connectivity index (χ2n) is 5.40. The van der Waals surface area contributed by atoms with Gasteiger partial charge in [0.1, 0.15) is 0 Å². The Bertz CT molecular complexity index is 476. The number of hydrogen-bond donors (Lipinski definition) is 1. The molecule has 1 atom stereocenters. The van der Waals surface area contributed by atoms with E-state index in [1.54, 1.807) is 11.8 Å². The van der Waals surface area contributed by atoms with Crippen molar-refractivity contribution in [1.82, 2.24) is 4.90 Å². The molecule has 3 nitrogen and oxygen atoms in total. The summed E-state index contributed by atoms with van der Waals surface area (Å²) in [4.78, 5) is 15.6. The van der Waals surface area contributed by atoms with Crippen LogP contribution in [0.1, 0.15) is 38.2 Å². The van der Waals surface area contributed by atoms with Crippen LogP contribution in [-0.4, -0.2) is 29.1 Å². The molecule has 1 aliphatic rings. The van der Waals surface area contributed by atoms with E-state index >= 15 is 0 Å². The third kappa shape index (κ3) is 3.48. The fourth-order valence-corrected chi connectivity index (χ4v) is 3.72. The highest BCUT2D eigenvalue weighted by molar-refractivity contribution is 8.00. The lowest BCUT2D eigenvalue weighted by Crippen LogP contribution is -2.44. The Morgan fingerprint density at radius 2 is 2.25 bits per heavy atom. The highest BCUT2D eigenvalue weighted by Gasteiger charge is 2.25. The number of nitrogens with zero attached hydrogens (tertiary/aromatic N) is 1. The van der Waals surface area contributed by atoms with E-state index in [0.29, 0.717) is 11.8 Å². The molecule has 2 N–H and O–H groups in total. The minimum absolute atomic E-state index is 0.267. The van der Waals surface area contributed by atoms with Crippen molar-refractivity contribution in [2.45, 2.75) is 50.5 Å². The van der Waals surface area contributed by atoms with E-state index in [2.05, 4.69) is 11.8 Å². The summed E-state index contributed by atoms with van der Waals surface area (Å²) in [7, 11) is 0. The Morgan fingerprint density at radius 3 is 3.00 bits per heavy atom. The van der Waals surface area contributed by atoms with E-state index in [1.807, 2.05) is 25.1 Å². The van der Waals surface area contributed by atoms with E-state index in [4.69, 9.17) is 5.73 Å². The Hall–Kier alpha value is -1.16. The van der Waals surface area contributed by atoms with Crippen molar-refractivity contribution in [3.05, 3.63) is 23.8 Å². The van der Waals surface area contributed by atoms with Crippen molar-refractivity contribution in [1.29, 1.82) is 0 Å². The highest BCUT2D eigenvalue weighted by atomic mass is 32.2. The lowest BCUT2D eigenvalue weighted by molar-refractivity contribution is -0.132. The molecule has 0 aromatic heterocycles. The SMILES string of the molecule is CCC1CCCCN1C(=O)CSc1cccc(N)c1C. The molecule has 0 aliphatic carbocycles. The number of likely N-dealkylation sites (tertiary alicyclic amines) is 1.